The van der Waals surface area contributed by atoms with E-state index in [-0.39, 0.29) is 68.7 Å². The molecule has 0 aromatic heterocycles. The van der Waals surface area contributed by atoms with Crippen molar-refractivity contribution in [3.63, 3.8) is 0 Å². The number of hydrogen-bond acceptors (Lipinski definition) is 0. The second kappa shape index (κ2) is 15.8. The van der Waals surface area contributed by atoms with Crippen LogP contribution in [0.3, 0.4) is 0 Å². The van der Waals surface area contributed by atoms with Gasteiger partial charge in [-0.25, -0.2) is 4.39 Å². The van der Waals surface area contributed by atoms with Gasteiger partial charge >= 0.3 is 51.4 Å². The molecule has 0 fully saturated rings. The molecular weight excluding hydrogens is 121 g/mol. The molecule has 0 aromatic rings. The number of rotatable bonds is 1. The van der Waals surface area contributed by atoms with Gasteiger partial charge in [-0.05, 0) is 0 Å². The van der Waals surface area contributed by atoms with Crippen LogP contribution in [-0.2, 0) is 0 Å². The van der Waals surface area contributed by atoms with Crippen molar-refractivity contribution in [3.05, 3.63) is 12.7 Å². The predicted molar refractivity (Wildman–Crippen MR) is 33.3 cm³/mol. The van der Waals surface area contributed by atoms with Crippen LogP contribution >= 0.6 is 0 Å². The summed E-state index contributed by atoms with van der Waals surface area (Å²) in [6.45, 7) is 2.69. The predicted octanol–water partition coefficient (Wildman–Crippen LogP) is -0.691. The van der Waals surface area contributed by atoms with E-state index in [1.165, 1.54) is 6.08 Å². The SMILES string of the molecule is C=CCF.[AlH3].[KH]. The monoisotopic (exact) mass is 130 g/mol. The molecule has 0 atom stereocenters. The number of hydrogen-bond donors (Lipinski definition) is 0. The van der Waals surface area contributed by atoms with Crippen LogP contribution in [-0.4, -0.2) is 75.4 Å². The fourth-order valence-electron chi connectivity index (χ4n) is 0. The third-order valence-corrected chi connectivity index (χ3v) is 0.109. The second-order valence-electron chi connectivity index (χ2n) is 0.443. The van der Waals surface area contributed by atoms with Gasteiger partial charge in [0.1, 0.15) is 6.67 Å². The molecule has 0 bridgehead atoms. The summed E-state index contributed by atoms with van der Waals surface area (Å²) < 4.78 is 10.6. The van der Waals surface area contributed by atoms with Gasteiger partial charge in [-0.1, -0.05) is 6.08 Å². The fourth-order valence-corrected chi connectivity index (χ4v) is 0. The molecule has 0 heterocycles. The first-order valence-corrected chi connectivity index (χ1v) is 1.08. The van der Waals surface area contributed by atoms with Crippen LogP contribution in [0.4, 0.5) is 4.39 Å². The van der Waals surface area contributed by atoms with Gasteiger partial charge in [0.2, 0.25) is 0 Å². The van der Waals surface area contributed by atoms with Crippen LogP contribution < -0.4 is 0 Å². The first-order chi connectivity index (χ1) is 1.91. The molecule has 0 nitrogen and oxygen atoms in total. The Balaban J connectivity index is -0.0000000450. The number of allylic oxidation sites excluding steroid dienone is 1. The molecule has 0 rings (SSSR count). The van der Waals surface area contributed by atoms with Gasteiger partial charge in [-0.3, -0.25) is 0 Å². The molecule has 0 amide bonds. The third-order valence-electron chi connectivity index (χ3n) is 0.109. The Morgan fingerprint density at radius 1 is 1.67 bits per heavy atom. The minimum absolute atomic E-state index is 0. The van der Waals surface area contributed by atoms with Crippen molar-refractivity contribution in [1.29, 1.82) is 0 Å². The zero-order valence-electron chi connectivity index (χ0n) is 2.37. The topological polar surface area (TPSA) is 0 Å². The molecule has 0 aliphatic heterocycles. The van der Waals surface area contributed by atoms with Crippen LogP contribution in [0, 0.1) is 0 Å². The van der Waals surface area contributed by atoms with E-state index < -0.39 is 6.67 Å². The summed E-state index contributed by atoms with van der Waals surface area (Å²) in [7, 11) is 0. The Morgan fingerprint density at radius 3 is 1.83 bits per heavy atom. The van der Waals surface area contributed by atoms with E-state index in [0.717, 1.165) is 0 Å². The van der Waals surface area contributed by atoms with Gasteiger partial charge in [-0.2, -0.15) is 0 Å². The summed E-state index contributed by atoms with van der Waals surface area (Å²) in [6, 6.07) is 0. The summed E-state index contributed by atoms with van der Waals surface area (Å²) in [5.74, 6) is 0. The standard InChI is InChI=1S/C3H5F.Al.K.4H/c1-2-3-4;;;;;;/h2H,1,3H2;;;;;;. The minimum atomic E-state index is -0.417. The molecule has 0 aliphatic rings. The Bertz CT molecular complexity index is 24.8. The summed E-state index contributed by atoms with van der Waals surface area (Å²) >= 11 is 0. The molecule has 0 saturated heterocycles. The van der Waals surface area contributed by atoms with Gasteiger partial charge in [-0.15, -0.1) is 6.58 Å². The normalized spacial score (nSPS) is 4.17. The fraction of sp³-hybridized carbons (Fsp3) is 0.333. The molecule has 0 saturated carbocycles. The van der Waals surface area contributed by atoms with Gasteiger partial charge in [0, 0.05) is 0 Å². The van der Waals surface area contributed by atoms with Crippen molar-refractivity contribution >= 4 is 68.7 Å². The van der Waals surface area contributed by atoms with E-state index in [4.69, 9.17) is 0 Å². The molecule has 6 heavy (non-hydrogen) atoms. The quantitative estimate of drug-likeness (QED) is 0.325. The Morgan fingerprint density at radius 2 is 1.83 bits per heavy atom. The van der Waals surface area contributed by atoms with Gasteiger partial charge in [0.15, 0.2) is 17.4 Å². The maximum absolute atomic E-state index is 10.6. The third kappa shape index (κ3) is 17.0. The van der Waals surface area contributed by atoms with Crippen molar-refractivity contribution in [1.82, 2.24) is 0 Å². The van der Waals surface area contributed by atoms with Gasteiger partial charge in [0.05, 0.1) is 0 Å². The number of halogens is 1. The van der Waals surface area contributed by atoms with E-state index >= 15 is 0 Å². The summed E-state index contributed by atoms with van der Waals surface area (Å²) in [4.78, 5) is 0. The molecule has 0 radical (unpaired) electrons. The molecule has 0 aromatic carbocycles. The van der Waals surface area contributed by atoms with E-state index in [9.17, 15) is 4.39 Å². The van der Waals surface area contributed by atoms with E-state index in [1.54, 1.807) is 0 Å². The average molecular weight is 130 g/mol. The summed E-state index contributed by atoms with van der Waals surface area (Å²) in [5, 5.41) is 0. The molecule has 0 N–H and O–H groups in total. The molecule has 0 spiro atoms. The van der Waals surface area contributed by atoms with Crippen LogP contribution in [0.2, 0.25) is 0 Å². The Hall–Kier alpha value is 1.84. The molecule has 3 heteroatoms. The number of alkyl halides is 1. The summed E-state index contributed by atoms with van der Waals surface area (Å²) in [5.41, 5.74) is 0. The Labute approximate surface area is 90.7 Å². The van der Waals surface area contributed by atoms with Crippen LogP contribution in [0.25, 0.3) is 0 Å². The summed E-state index contributed by atoms with van der Waals surface area (Å²) in [6.07, 6.45) is 1.21. The maximum atomic E-state index is 10.6. The Kier molecular flexibility index (Phi) is 41.3. The second-order valence-corrected chi connectivity index (χ2v) is 0.443. The van der Waals surface area contributed by atoms with Crippen LogP contribution in [0.5, 0.6) is 0 Å². The molecule has 32 valence electrons. The van der Waals surface area contributed by atoms with Crippen LogP contribution in [0.15, 0.2) is 12.7 Å². The zero-order chi connectivity index (χ0) is 3.41. The molecular formula is C3H9AlFK. The van der Waals surface area contributed by atoms with Crippen molar-refractivity contribution in [2.24, 2.45) is 0 Å². The van der Waals surface area contributed by atoms with Crippen molar-refractivity contribution in [3.8, 4) is 0 Å². The van der Waals surface area contributed by atoms with Gasteiger partial charge in [0.25, 0.3) is 0 Å². The molecule has 0 unspecified atom stereocenters. The van der Waals surface area contributed by atoms with Gasteiger partial charge < -0.3 is 0 Å². The van der Waals surface area contributed by atoms with E-state index in [1.807, 2.05) is 0 Å². The van der Waals surface area contributed by atoms with Crippen molar-refractivity contribution in [2.75, 3.05) is 6.67 Å². The van der Waals surface area contributed by atoms with Crippen molar-refractivity contribution in [2.45, 2.75) is 0 Å². The molecule has 0 aliphatic carbocycles. The average Bonchev–Trinajstić information content (AvgIpc) is 1.37. The first-order valence-electron chi connectivity index (χ1n) is 1.08. The van der Waals surface area contributed by atoms with Crippen molar-refractivity contribution < 1.29 is 4.39 Å². The van der Waals surface area contributed by atoms with Crippen LogP contribution in [0.1, 0.15) is 0 Å². The zero-order valence-corrected chi connectivity index (χ0v) is 2.37. The van der Waals surface area contributed by atoms with E-state index in [0.29, 0.717) is 0 Å². The van der Waals surface area contributed by atoms with E-state index in [2.05, 4.69) is 6.58 Å². The first kappa shape index (κ1) is 15.7.